The van der Waals surface area contributed by atoms with Crippen LogP contribution in [-0.2, 0) is 6.18 Å². The number of alkyl halides is 3. The summed E-state index contributed by atoms with van der Waals surface area (Å²) in [5, 5.41) is 5.17. The Labute approximate surface area is 126 Å². The van der Waals surface area contributed by atoms with Gasteiger partial charge in [0.1, 0.15) is 0 Å². The number of rotatable bonds is 2. The fourth-order valence-corrected chi connectivity index (χ4v) is 1.91. The first kappa shape index (κ1) is 15.9. The lowest BCUT2D eigenvalue weighted by atomic mass is 10.1. The van der Waals surface area contributed by atoms with E-state index in [2.05, 4.69) is 10.6 Å². The molecule has 6 heteroatoms. The average molecular weight is 308 g/mol. The second-order valence-corrected chi connectivity index (χ2v) is 4.90. The molecule has 3 nitrogen and oxygen atoms in total. The number of benzene rings is 2. The minimum Gasteiger partial charge on any atom is -0.308 e. The van der Waals surface area contributed by atoms with Crippen LogP contribution >= 0.6 is 0 Å². The van der Waals surface area contributed by atoms with Gasteiger partial charge in [0.15, 0.2) is 0 Å². The van der Waals surface area contributed by atoms with Crippen LogP contribution in [0.3, 0.4) is 0 Å². The second kappa shape index (κ2) is 6.09. The molecule has 0 spiro atoms. The largest absolute Gasteiger partial charge is 0.416 e. The number of carbonyl (C=O) groups is 1. The Kier molecular flexibility index (Phi) is 4.40. The van der Waals surface area contributed by atoms with E-state index in [0.717, 1.165) is 23.3 Å². The monoisotopic (exact) mass is 308 g/mol. The van der Waals surface area contributed by atoms with Gasteiger partial charge in [0.2, 0.25) is 0 Å². The molecule has 2 amide bonds. The summed E-state index contributed by atoms with van der Waals surface area (Å²) in [6.45, 7) is 3.80. The topological polar surface area (TPSA) is 41.1 Å². The van der Waals surface area contributed by atoms with E-state index in [0.29, 0.717) is 5.69 Å². The van der Waals surface area contributed by atoms with Crippen molar-refractivity contribution >= 4 is 17.4 Å². The van der Waals surface area contributed by atoms with Gasteiger partial charge >= 0.3 is 12.2 Å². The Morgan fingerprint density at radius 1 is 0.955 bits per heavy atom. The van der Waals surface area contributed by atoms with Crippen molar-refractivity contribution in [3.05, 3.63) is 59.2 Å². The van der Waals surface area contributed by atoms with Gasteiger partial charge in [-0.2, -0.15) is 13.2 Å². The number of hydrogen-bond acceptors (Lipinski definition) is 1. The molecule has 0 fully saturated rings. The minimum absolute atomic E-state index is 0.288. The molecule has 0 bridgehead atoms. The maximum atomic E-state index is 12.5. The summed E-state index contributed by atoms with van der Waals surface area (Å²) < 4.78 is 37.4. The molecule has 0 atom stereocenters. The number of hydrogen-bond donors (Lipinski definition) is 2. The van der Waals surface area contributed by atoms with Crippen molar-refractivity contribution in [3.63, 3.8) is 0 Å². The summed E-state index contributed by atoms with van der Waals surface area (Å²) in [7, 11) is 0. The van der Waals surface area contributed by atoms with Crippen molar-refractivity contribution < 1.29 is 18.0 Å². The van der Waals surface area contributed by atoms with Gasteiger partial charge in [0, 0.05) is 11.4 Å². The fraction of sp³-hybridized carbons (Fsp3) is 0.188. The first-order valence-electron chi connectivity index (χ1n) is 6.59. The molecular formula is C16H15F3N2O. The molecule has 0 aliphatic rings. The summed E-state index contributed by atoms with van der Waals surface area (Å²) in [5.41, 5.74) is 2.16. The van der Waals surface area contributed by atoms with E-state index in [-0.39, 0.29) is 5.69 Å². The normalized spacial score (nSPS) is 11.1. The lowest BCUT2D eigenvalue weighted by Crippen LogP contribution is -2.20. The number of halogens is 3. The van der Waals surface area contributed by atoms with E-state index in [4.69, 9.17) is 0 Å². The molecule has 2 aromatic carbocycles. The van der Waals surface area contributed by atoms with Gasteiger partial charge in [-0.25, -0.2) is 4.79 Å². The summed E-state index contributed by atoms with van der Waals surface area (Å²) in [6, 6.07) is 9.27. The van der Waals surface area contributed by atoms with Gasteiger partial charge in [-0.3, -0.25) is 0 Å². The number of carbonyl (C=O) groups excluding carboxylic acids is 1. The Balaban J connectivity index is 2.05. The smallest absolute Gasteiger partial charge is 0.308 e. The number of amides is 2. The van der Waals surface area contributed by atoms with E-state index < -0.39 is 17.8 Å². The van der Waals surface area contributed by atoms with Crippen LogP contribution in [0.25, 0.3) is 0 Å². The Morgan fingerprint density at radius 3 is 2.18 bits per heavy atom. The summed E-state index contributed by atoms with van der Waals surface area (Å²) in [6.07, 6.45) is -4.39. The van der Waals surface area contributed by atoms with Crippen LogP contribution in [0.4, 0.5) is 29.3 Å². The van der Waals surface area contributed by atoms with Crippen LogP contribution < -0.4 is 10.6 Å². The van der Waals surface area contributed by atoms with E-state index in [1.165, 1.54) is 12.1 Å². The maximum absolute atomic E-state index is 12.5. The Hall–Kier alpha value is -2.50. The van der Waals surface area contributed by atoms with Crippen molar-refractivity contribution in [3.8, 4) is 0 Å². The van der Waals surface area contributed by atoms with Gasteiger partial charge in [0.25, 0.3) is 0 Å². The van der Waals surface area contributed by atoms with Crippen LogP contribution in [0.15, 0.2) is 42.5 Å². The van der Waals surface area contributed by atoms with Crippen LogP contribution in [0.1, 0.15) is 16.7 Å². The maximum Gasteiger partial charge on any atom is 0.416 e. The summed E-state index contributed by atoms with van der Waals surface area (Å²) >= 11 is 0. The third-order valence-corrected chi connectivity index (χ3v) is 3.32. The predicted octanol–water partition coefficient (Wildman–Crippen LogP) is 4.97. The standard InChI is InChI=1S/C16H15F3N2O/c1-10-4-3-5-14(11(10)2)21-15(22)20-13-8-6-12(7-9-13)16(17,18)19/h3-9H,1-2H3,(H2,20,21,22). The molecule has 0 heterocycles. The molecule has 0 aromatic heterocycles. The van der Waals surface area contributed by atoms with E-state index >= 15 is 0 Å². The van der Waals surface area contributed by atoms with Crippen LogP contribution in [-0.4, -0.2) is 6.03 Å². The van der Waals surface area contributed by atoms with Crippen molar-refractivity contribution in [2.24, 2.45) is 0 Å². The van der Waals surface area contributed by atoms with Gasteiger partial charge in [0.05, 0.1) is 5.56 Å². The van der Waals surface area contributed by atoms with Gasteiger partial charge in [-0.1, -0.05) is 12.1 Å². The highest BCUT2D eigenvalue weighted by atomic mass is 19.4. The predicted molar refractivity (Wildman–Crippen MR) is 80.0 cm³/mol. The Morgan fingerprint density at radius 2 is 1.59 bits per heavy atom. The third-order valence-electron chi connectivity index (χ3n) is 3.32. The zero-order valence-electron chi connectivity index (χ0n) is 12.1. The van der Waals surface area contributed by atoms with Crippen molar-refractivity contribution in [2.45, 2.75) is 20.0 Å². The SMILES string of the molecule is Cc1cccc(NC(=O)Nc2ccc(C(F)(F)F)cc2)c1C. The molecule has 0 saturated heterocycles. The lowest BCUT2D eigenvalue weighted by molar-refractivity contribution is -0.137. The van der Waals surface area contributed by atoms with E-state index in [1.54, 1.807) is 6.07 Å². The molecule has 2 rings (SSSR count). The molecule has 116 valence electrons. The number of aryl methyl sites for hydroxylation is 1. The highest BCUT2D eigenvalue weighted by Gasteiger charge is 2.29. The molecule has 22 heavy (non-hydrogen) atoms. The molecule has 0 aliphatic carbocycles. The number of anilines is 2. The number of nitrogens with one attached hydrogen (secondary N) is 2. The average Bonchev–Trinajstić information content (AvgIpc) is 2.43. The third kappa shape index (κ3) is 3.78. The lowest BCUT2D eigenvalue weighted by Gasteiger charge is -2.12. The molecule has 0 radical (unpaired) electrons. The highest BCUT2D eigenvalue weighted by molar-refractivity contribution is 6.00. The summed E-state index contributed by atoms with van der Waals surface area (Å²) in [5.74, 6) is 0. The number of urea groups is 1. The van der Waals surface area contributed by atoms with Crippen LogP contribution in [0, 0.1) is 13.8 Å². The van der Waals surface area contributed by atoms with Crippen LogP contribution in [0.5, 0.6) is 0 Å². The van der Waals surface area contributed by atoms with Crippen molar-refractivity contribution in [1.29, 1.82) is 0 Å². The molecule has 0 saturated carbocycles. The first-order chi connectivity index (χ1) is 10.3. The zero-order chi connectivity index (χ0) is 16.3. The van der Waals surface area contributed by atoms with Gasteiger partial charge in [-0.05, 0) is 55.3 Å². The quantitative estimate of drug-likeness (QED) is 0.808. The van der Waals surface area contributed by atoms with Crippen molar-refractivity contribution in [1.82, 2.24) is 0 Å². The van der Waals surface area contributed by atoms with Gasteiger partial charge in [-0.15, -0.1) is 0 Å². The Bertz CT molecular complexity index is 679. The molecular weight excluding hydrogens is 293 g/mol. The highest BCUT2D eigenvalue weighted by Crippen LogP contribution is 2.29. The zero-order valence-corrected chi connectivity index (χ0v) is 12.1. The molecule has 2 aromatic rings. The van der Waals surface area contributed by atoms with Crippen LogP contribution in [0.2, 0.25) is 0 Å². The van der Waals surface area contributed by atoms with Crippen molar-refractivity contribution in [2.75, 3.05) is 10.6 Å². The minimum atomic E-state index is -4.39. The summed E-state index contributed by atoms with van der Waals surface area (Å²) in [4.78, 5) is 11.9. The van der Waals surface area contributed by atoms with Gasteiger partial charge < -0.3 is 10.6 Å². The molecule has 0 unspecified atom stereocenters. The molecule has 2 N–H and O–H groups in total. The van der Waals surface area contributed by atoms with E-state index in [9.17, 15) is 18.0 Å². The fourth-order valence-electron chi connectivity index (χ4n) is 1.91. The first-order valence-corrected chi connectivity index (χ1v) is 6.59. The van der Waals surface area contributed by atoms with E-state index in [1.807, 2.05) is 26.0 Å². The molecule has 0 aliphatic heterocycles. The second-order valence-electron chi connectivity index (χ2n) is 4.90.